The van der Waals surface area contributed by atoms with Crippen molar-refractivity contribution in [1.82, 2.24) is 0 Å². The molecule has 2 nitrogen and oxygen atoms in total. The summed E-state index contributed by atoms with van der Waals surface area (Å²) in [6.45, 7) is 6.18. The molecule has 0 aromatic heterocycles. The lowest BCUT2D eigenvalue weighted by Gasteiger charge is -2.18. The lowest BCUT2D eigenvalue weighted by atomic mass is 10.0. The van der Waals surface area contributed by atoms with Gasteiger partial charge in [-0.2, -0.15) is 0 Å². The molecular formula is C17H20FNO. The van der Waals surface area contributed by atoms with Gasteiger partial charge in [0.1, 0.15) is 11.6 Å². The van der Waals surface area contributed by atoms with E-state index in [0.717, 1.165) is 11.8 Å². The molecule has 0 fully saturated rings. The van der Waals surface area contributed by atoms with Crippen molar-refractivity contribution >= 4 is 5.69 Å². The summed E-state index contributed by atoms with van der Waals surface area (Å²) in [5, 5.41) is 12.5. The van der Waals surface area contributed by atoms with E-state index in [1.165, 1.54) is 11.6 Å². The zero-order valence-corrected chi connectivity index (χ0v) is 12.0. The number of anilines is 1. The number of hydrogen-bond acceptors (Lipinski definition) is 2. The Morgan fingerprint density at radius 3 is 2.45 bits per heavy atom. The molecule has 2 N–H and O–H groups in total. The second-order valence-electron chi connectivity index (χ2n) is 5.35. The molecule has 1 atom stereocenters. The van der Waals surface area contributed by atoms with Gasteiger partial charge in [-0.05, 0) is 36.6 Å². The van der Waals surface area contributed by atoms with Crippen molar-refractivity contribution in [2.75, 3.05) is 5.32 Å². The maximum atomic E-state index is 13.8. The zero-order chi connectivity index (χ0) is 14.7. The predicted octanol–water partition coefficient (Wildman–Crippen LogP) is 4.83. The summed E-state index contributed by atoms with van der Waals surface area (Å²) in [5.74, 6) is 0.00253. The molecule has 2 aromatic rings. The Morgan fingerprint density at radius 1 is 1.05 bits per heavy atom. The minimum Gasteiger partial charge on any atom is -0.508 e. The van der Waals surface area contributed by atoms with E-state index in [4.69, 9.17) is 0 Å². The zero-order valence-electron chi connectivity index (χ0n) is 12.0. The molecule has 0 saturated heterocycles. The second kappa shape index (κ2) is 5.95. The molecule has 0 aliphatic heterocycles. The quantitative estimate of drug-likeness (QED) is 0.836. The summed E-state index contributed by atoms with van der Waals surface area (Å²) in [6, 6.07) is 12.2. The third kappa shape index (κ3) is 3.29. The van der Waals surface area contributed by atoms with E-state index < -0.39 is 5.82 Å². The molecule has 0 amide bonds. The van der Waals surface area contributed by atoms with E-state index in [-0.39, 0.29) is 11.8 Å². The van der Waals surface area contributed by atoms with Gasteiger partial charge < -0.3 is 10.4 Å². The highest BCUT2D eigenvalue weighted by Gasteiger charge is 2.11. The Kier molecular flexibility index (Phi) is 4.28. The molecule has 0 aliphatic carbocycles. The van der Waals surface area contributed by atoms with Crippen LogP contribution in [-0.4, -0.2) is 5.11 Å². The summed E-state index contributed by atoms with van der Waals surface area (Å²) in [4.78, 5) is 0. The highest BCUT2D eigenvalue weighted by atomic mass is 19.1. The fourth-order valence-corrected chi connectivity index (χ4v) is 2.18. The minimum atomic E-state index is -0.398. The molecule has 2 rings (SSSR count). The van der Waals surface area contributed by atoms with Gasteiger partial charge in [-0.25, -0.2) is 4.39 Å². The SMILES string of the molecule is CC(C)c1cccc(NC(C)c2ccc(O)cc2F)c1. The second-order valence-corrected chi connectivity index (χ2v) is 5.35. The third-order valence-electron chi connectivity index (χ3n) is 3.39. The van der Waals surface area contributed by atoms with Crippen LogP contribution in [0.25, 0.3) is 0 Å². The number of halogens is 1. The van der Waals surface area contributed by atoms with Gasteiger partial charge in [-0.15, -0.1) is 0 Å². The van der Waals surface area contributed by atoms with Crippen LogP contribution < -0.4 is 5.32 Å². The number of phenols is 1. The summed E-state index contributed by atoms with van der Waals surface area (Å²) < 4.78 is 13.8. The molecule has 3 heteroatoms. The van der Waals surface area contributed by atoms with E-state index in [2.05, 4.69) is 31.3 Å². The molecule has 0 bridgehead atoms. The predicted molar refractivity (Wildman–Crippen MR) is 80.6 cm³/mol. The maximum Gasteiger partial charge on any atom is 0.132 e. The van der Waals surface area contributed by atoms with Crippen LogP contribution in [0.2, 0.25) is 0 Å². The molecule has 20 heavy (non-hydrogen) atoms. The largest absolute Gasteiger partial charge is 0.508 e. The van der Waals surface area contributed by atoms with Crippen LogP contribution in [0.15, 0.2) is 42.5 Å². The van der Waals surface area contributed by atoms with Crippen LogP contribution in [0.5, 0.6) is 5.75 Å². The van der Waals surface area contributed by atoms with E-state index in [0.29, 0.717) is 11.5 Å². The first-order valence-electron chi connectivity index (χ1n) is 6.82. The first kappa shape index (κ1) is 14.4. The van der Waals surface area contributed by atoms with Gasteiger partial charge in [-0.3, -0.25) is 0 Å². The average molecular weight is 273 g/mol. The minimum absolute atomic E-state index is 0.0553. The van der Waals surface area contributed by atoms with Gasteiger partial charge in [0.2, 0.25) is 0 Å². The Hall–Kier alpha value is -2.03. The van der Waals surface area contributed by atoms with Crippen molar-refractivity contribution in [2.45, 2.75) is 32.7 Å². The van der Waals surface area contributed by atoms with Crippen molar-refractivity contribution in [3.05, 3.63) is 59.4 Å². The normalized spacial score (nSPS) is 12.4. The Labute approximate surface area is 119 Å². The molecular weight excluding hydrogens is 253 g/mol. The molecule has 0 saturated carbocycles. The first-order chi connectivity index (χ1) is 9.47. The number of benzene rings is 2. The van der Waals surface area contributed by atoms with Gasteiger partial charge >= 0.3 is 0 Å². The lowest BCUT2D eigenvalue weighted by Crippen LogP contribution is -2.08. The summed E-state index contributed by atoms with van der Waals surface area (Å²) in [6.07, 6.45) is 0. The number of phenolic OH excluding ortho intramolecular Hbond substituents is 1. The smallest absolute Gasteiger partial charge is 0.132 e. The van der Waals surface area contributed by atoms with Crippen molar-refractivity contribution in [3.63, 3.8) is 0 Å². The van der Waals surface area contributed by atoms with Crippen LogP contribution >= 0.6 is 0 Å². The molecule has 0 heterocycles. The molecule has 2 aromatic carbocycles. The standard InChI is InChI=1S/C17H20FNO/c1-11(2)13-5-4-6-14(9-13)19-12(3)16-8-7-15(20)10-17(16)18/h4-12,19-20H,1-3H3. The van der Waals surface area contributed by atoms with Crippen molar-refractivity contribution in [3.8, 4) is 5.75 Å². The highest BCUT2D eigenvalue weighted by molar-refractivity contribution is 5.48. The number of aromatic hydroxyl groups is 1. The third-order valence-corrected chi connectivity index (χ3v) is 3.39. The maximum absolute atomic E-state index is 13.8. The van der Waals surface area contributed by atoms with Crippen molar-refractivity contribution in [1.29, 1.82) is 0 Å². The highest BCUT2D eigenvalue weighted by Crippen LogP contribution is 2.26. The molecule has 0 radical (unpaired) electrons. The van der Waals surface area contributed by atoms with Gasteiger partial charge in [0, 0.05) is 17.3 Å². The van der Waals surface area contributed by atoms with Crippen LogP contribution in [0, 0.1) is 5.82 Å². The van der Waals surface area contributed by atoms with Gasteiger partial charge in [0.15, 0.2) is 0 Å². The topological polar surface area (TPSA) is 32.3 Å². The average Bonchev–Trinajstić information content (AvgIpc) is 2.38. The summed E-state index contributed by atoms with van der Waals surface area (Å²) in [5.41, 5.74) is 2.75. The molecule has 0 spiro atoms. The monoisotopic (exact) mass is 273 g/mol. The Bertz CT molecular complexity index is 595. The van der Waals surface area contributed by atoms with E-state index >= 15 is 0 Å². The van der Waals surface area contributed by atoms with Crippen LogP contribution in [-0.2, 0) is 0 Å². The Balaban J connectivity index is 2.19. The van der Waals surface area contributed by atoms with Crippen molar-refractivity contribution in [2.24, 2.45) is 0 Å². The first-order valence-corrected chi connectivity index (χ1v) is 6.82. The lowest BCUT2D eigenvalue weighted by molar-refractivity contribution is 0.467. The van der Waals surface area contributed by atoms with Crippen LogP contribution in [0.3, 0.4) is 0 Å². The fourth-order valence-electron chi connectivity index (χ4n) is 2.18. The fraction of sp³-hybridized carbons (Fsp3) is 0.294. The number of nitrogens with one attached hydrogen (secondary N) is 1. The summed E-state index contributed by atoms with van der Waals surface area (Å²) in [7, 11) is 0. The van der Waals surface area contributed by atoms with E-state index in [9.17, 15) is 9.50 Å². The van der Waals surface area contributed by atoms with Crippen LogP contribution in [0.4, 0.5) is 10.1 Å². The van der Waals surface area contributed by atoms with Gasteiger partial charge in [0.05, 0.1) is 6.04 Å². The van der Waals surface area contributed by atoms with Crippen molar-refractivity contribution < 1.29 is 9.50 Å². The number of rotatable bonds is 4. The van der Waals surface area contributed by atoms with Gasteiger partial charge in [0.25, 0.3) is 0 Å². The molecule has 1 unspecified atom stereocenters. The number of hydrogen-bond donors (Lipinski definition) is 2. The molecule has 0 aliphatic rings. The Morgan fingerprint density at radius 2 is 1.80 bits per heavy atom. The molecule has 106 valence electrons. The van der Waals surface area contributed by atoms with Gasteiger partial charge in [-0.1, -0.05) is 32.0 Å². The van der Waals surface area contributed by atoms with E-state index in [1.807, 2.05) is 19.1 Å². The summed E-state index contributed by atoms with van der Waals surface area (Å²) >= 11 is 0. The van der Waals surface area contributed by atoms with E-state index in [1.54, 1.807) is 6.07 Å². The van der Waals surface area contributed by atoms with Crippen LogP contribution in [0.1, 0.15) is 43.9 Å².